The molecule has 1 heterocycles. The van der Waals surface area contributed by atoms with Crippen molar-refractivity contribution < 1.29 is 14.3 Å². The Morgan fingerprint density at radius 1 is 0.857 bits per heavy atom. The topological polar surface area (TPSA) is 59.5 Å². The van der Waals surface area contributed by atoms with Crippen molar-refractivity contribution in [3.8, 4) is 5.06 Å². The summed E-state index contributed by atoms with van der Waals surface area (Å²) in [5.74, 6) is -0.512. The third-order valence-electron chi connectivity index (χ3n) is 5.55. The van der Waals surface area contributed by atoms with Gasteiger partial charge in [0, 0.05) is 12.1 Å². The Morgan fingerprint density at radius 3 is 1.97 bits per heavy atom. The molecule has 4 rings (SSSR count). The normalized spacial score (nSPS) is 12.1. The molecule has 0 aliphatic rings. The van der Waals surface area contributed by atoms with Crippen LogP contribution in [0.5, 0.6) is 5.06 Å². The first-order valence-corrected chi connectivity index (χ1v) is 12.3. The standard InChI is InChI=1S/C29H28N2O3S/c1-29(2,3)25(26-30-19-24(35-26)34-28(33)23-17-11-6-12-18-23)31(20-21-13-7-4-8-14-21)27(32)22-15-9-5-10-16-22/h4-19,25H,20H2,1-3H3. The van der Waals surface area contributed by atoms with E-state index in [1.54, 1.807) is 30.5 Å². The van der Waals surface area contributed by atoms with Crippen molar-refractivity contribution >= 4 is 23.2 Å². The lowest BCUT2D eigenvalue weighted by molar-refractivity contribution is 0.0484. The molecule has 0 saturated heterocycles. The fourth-order valence-electron chi connectivity index (χ4n) is 3.95. The van der Waals surface area contributed by atoms with E-state index in [-0.39, 0.29) is 17.4 Å². The number of hydrogen-bond donors (Lipinski definition) is 0. The largest absolute Gasteiger partial charge is 0.410 e. The number of amides is 1. The highest BCUT2D eigenvalue weighted by Gasteiger charge is 2.37. The Balaban J connectivity index is 1.68. The van der Waals surface area contributed by atoms with Crippen LogP contribution in [0, 0.1) is 5.41 Å². The van der Waals surface area contributed by atoms with Gasteiger partial charge >= 0.3 is 5.97 Å². The van der Waals surface area contributed by atoms with Gasteiger partial charge in [-0.25, -0.2) is 9.78 Å². The Hall–Kier alpha value is -3.77. The second kappa shape index (κ2) is 10.7. The zero-order valence-corrected chi connectivity index (χ0v) is 20.9. The quantitative estimate of drug-likeness (QED) is 0.271. The fourth-order valence-corrected chi connectivity index (χ4v) is 5.08. The summed E-state index contributed by atoms with van der Waals surface area (Å²) in [5.41, 5.74) is 1.78. The predicted molar refractivity (Wildman–Crippen MR) is 138 cm³/mol. The van der Waals surface area contributed by atoms with E-state index in [4.69, 9.17) is 4.74 Å². The third kappa shape index (κ3) is 6.03. The van der Waals surface area contributed by atoms with E-state index < -0.39 is 5.97 Å². The Morgan fingerprint density at radius 2 is 1.40 bits per heavy atom. The molecule has 1 aromatic heterocycles. The van der Waals surface area contributed by atoms with Crippen molar-refractivity contribution in [2.75, 3.05) is 0 Å². The number of carbonyl (C=O) groups is 2. The minimum atomic E-state index is -0.436. The van der Waals surface area contributed by atoms with Crippen LogP contribution in [-0.2, 0) is 6.54 Å². The van der Waals surface area contributed by atoms with E-state index >= 15 is 0 Å². The van der Waals surface area contributed by atoms with Crippen LogP contribution >= 0.6 is 11.3 Å². The van der Waals surface area contributed by atoms with E-state index in [2.05, 4.69) is 25.8 Å². The van der Waals surface area contributed by atoms with Gasteiger partial charge in [0.05, 0.1) is 17.8 Å². The molecule has 0 saturated carbocycles. The Labute approximate surface area is 210 Å². The van der Waals surface area contributed by atoms with Crippen LogP contribution in [0.3, 0.4) is 0 Å². The second-order valence-corrected chi connectivity index (χ2v) is 10.4. The summed E-state index contributed by atoms with van der Waals surface area (Å²) in [6.07, 6.45) is 1.56. The fraction of sp³-hybridized carbons (Fsp3) is 0.207. The van der Waals surface area contributed by atoms with E-state index in [9.17, 15) is 9.59 Å². The molecular formula is C29H28N2O3S. The SMILES string of the molecule is CC(C)(C)C(c1ncc(OC(=O)c2ccccc2)s1)N(Cc1ccccc1)C(=O)c1ccccc1. The van der Waals surface area contributed by atoms with Gasteiger partial charge in [0.25, 0.3) is 5.91 Å². The average Bonchev–Trinajstić information content (AvgIpc) is 3.31. The summed E-state index contributed by atoms with van der Waals surface area (Å²) in [6.45, 7) is 6.69. The number of carbonyl (C=O) groups excluding carboxylic acids is 2. The monoisotopic (exact) mass is 484 g/mol. The maximum atomic E-state index is 13.8. The molecule has 1 atom stereocenters. The molecule has 0 N–H and O–H groups in total. The molecule has 0 fully saturated rings. The summed E-state index contributed by atoms with van der Waals surface area (Å²) in [6, 6.07) is 27.7. The minimum absolute atomic E-state index is 0.0765. The maximum Gasteiger partial charge on any atom is 0.344 e. The summed E-state index contributed by atoms with van der Waals surface area (Å²) < 4.78 is 5.60. The average molecular weight is 485 g/mol. The number of thiazole rings is 1. The van der Waals surface area contributed by atoms with Crippen LogP contribution in [0.2, 0.25) is 0 Å². The first-order chi connectivity index (χ1) is 16.8. The van der Waals surface area contributed by atoms with Crippen molar-refractivity contribution in [3.05, 3.63) is 119 Å². The van der Waals surface area contributed by atoms with Gasteiger partial charge in [0.15, 0.2) is 0 Å². The highest BCUT2D eigenvalue weighted by molar-refractivity contribution is 7.13. The molecule has 0 spiro atoms. The van der Waals surface area contributed by atoms with Crippen LogP contribution in [0.1, 0.15) is 58.1 Å². The van der Waals surface area contributed by atoms with E-state index in [0.717, 1.165) is 5.56 Å². The molecule has 3 aromatic carbocycles. The summed E-state index contributed by atoms with van der Waals surface area (Å²) in [4.78, 5) is 32.8. The smallest absolute Gasteiger partial charge is 0.344 e. The van der Waals surface area contributed by atoms with Gasteiger partial charge < -0.3 is 9.64 Å². The second-order valence-electron chi connectivity index (χ2n) is 9.33. The number of esters is 1. The van der Waals surface area contributed by atoms with Crippen molar-refractivity contribution in [1.82, 2.24) is 9.88 Å². The molecule has 5 nitrogen and oxygen atoms in total. The Bertz CT molecular complexity index is 1270. The molecule has 0 radical (unpaired) electrons. The lowest BCUT2D eigenvalue weighted by Crippen LogP contribution is -2.40. The van der Waals surface area contributed by atoms with E-state index in [0.29, 0.717) is 27.7 Å². The van der Waals surface area contributed by atoms with Crippen LogP contribution < -0.4 is 4.74 Å². The summed E-state index contributed by atoms with van der Waals surface area (Å²) in [7, 11) is 0. The number of aromatic nitrogens is 1. The Kier molecular flexibility index (Phi) is 7.42. The highest BCUT2D eigenvalue weighted by atomic mass is 32.1. The van der Waals surface area contributed by atoms with Gasteiger partial charge in [-0.15, -0.1) is 0 Å². The lowest BCUT2D eigenvalue weighted by atomic mass is 9.85. The van der Waals surface area contributed by atoms with Gasteiger partial charge in [-0.2, -0.15) is 0 Å². The molecule has 1 unspecified atom stereocenters. The number of ether oxygens (including phenoxy) is 1. The van der Waals surface area contributed by atoms with Crippen LogP contribution in [0.4, 0.5) is 0 Å². The van der Waals surface area contributed by atoms with Crippen molar-refractivity contribution in [3.63, 3.8) is 0 Å². The van der Waals surface area contributed by atoms with Crippen molar-refractivity contribution in [2.45, 2.75) is 33.4 Å². The minimum Gasteiger partial charge on any atom is -0.410 e. The first-order valence-electron chi connectivity index (χ1n) is 11.5. The maximum absolute atomic E-state index is 13.8. The molecule has 0 aliphatic heterocycles. The van der Waals surface area contributed by atoms with Gasteiger partial charge in [0.1, 0.15) is 5.01 Å². The van der Waals surface area contributed by atoms with Gasteiger partial charge in [-0.1, -0.05) is 98.8 Å². The molecule has 4 aromatic rings. The summed E-state index contributed by atoms with van der Waals surface area (Å²) in [5, 5.41) is 1.11. The number of benzene rings is 3. The molecule has 178 valence electrons. The van der Waals surface area contributed by atoms with Crippen LogP contribution in [0.25, 0.3) is 0 Å². The number of nitrogens with zero attached hydrogens (tertiary/aromatic N) is 2. The summed E-state index contributed by atoms with van der Waals surface area (Å²) >= 11 is 1.29. The molecule has 0 bridgehead atoms. The van der Waals surface area contributed by atoms with Gasteiger partial charge in [-0.05, 0) is 35.2 Å². The lowest BCUT2D eigenvalue weighted by Gasteiger charge is -2.39. The highest BCUT2D eigenvalue weighted by Crippen LogP contribution is 2.42. The van der Waals surface area contributed by atoms with E-state index in [1.807, 2.05) is 71.6 Å². The van der Waals surface area contributed by atoms with E-state index in [1.165, 1.54) is 11.3 Å². The third-order valence-corrected chi connectivity index (χ3v) is 6.48. The van der Waals surface area contributed by atoms with Crippen molar-refractivity contribution in [1.29, 1.82) is 0 Å². The van der Waals surface area contributed by atoms with Crippen molar-refractivity contribution in [2.24, 2.45) is 5.41 Å². The number of rotatable bonds is 7. The molecule has 35 heavy (non-hydrogen) atoms. The predicted octanol–water partition coefficient (Wildman–Crippen LogP) is 6.79. The molecule has 1 amide bonds. The van der Waals surface area contributed by atoms with Gasteiger partial charge in [0.2, 0.25) is 5.06 Å². The van der Waals surface area contributed by atoms with Crippen LogP contribution in [-0.4, -0.2) is 21.8 Å². The van der Waals surface area contributed by atoms with Gasteiger partial charge in [-0.3, -0.25) is 4.79 Å². The molecule has 6 heteroatoms. The molecular weight excluding hydrogens is 456 g/mol. The number of hydrogen-bond acceptors (Lipinski definition) is 5. The first kappa shape index (κ1) is 24.4. The zero-order chi connectivity index (χ0) is 24.8. The molecule has 0 aliphatic carbocycles. The van der Waals surface area contributed by atoms with Crippen LogP contribution in [0.15, 0.2) is 97.2 Å². The zero-order valence-electron chi connectivity index (χ0n) is 20.0.